The summed E-state index contributed by atoms with van der Waals surface area (Å²) in [5.74, 6) is 1.42. The first kappa shape index (κ1) is 21.2. The van der Waals surface area contributed by atoms with Crippen LogP contribution in [-0.2, 0) is 17.9 Å². The molecule has 4 aromatic rings. The smallest absolute Gasteiger partial charge is 0.246 e. The number of benzene rings is 2. The number of nitrogens with two attached hydrogens (primary N) is 1. The molecule has 4 rings (SSSR count). The van der Waals surface area contributed by atoms with Gasteiger partial charge in [-0.1, -0.05) is 48.5 Å². The second kappa shape index (κ2) is 9.39. The third kappa shape index (κ3) is 4.81. The Morgan fingerprint density at radius 1 is 1.16 bits per heavy atom. The molecule has 0 radical (unpaired) electrons. The van der Waals surface area contributed by atoms with Crippen LogP contribution < -0.4 is 10.5 Å². The normalized spacial score (nSPS) is 11.2. The number of para-hydroxylation sites is 1. The zero-order chi connectivity index (χ0) is 22.5. The third-order valence-corrected chi connectivity index (χ3v) is 5.26. The van der Waals surface area contributed by atoms with Crippen LogP contribution in [0.3, 0.4) is 0 Å². The molecule has 2 aromatic heterocycles. The van der Waals surface area contributed by atoms with Gasteiger partial charge in [-0.25, -0.2) is 4.98 Å². The number of hydrogen-bond donors (Lipinski definition) is 1. The second-order valence-corrected chi connectivity index (χ2v) is 7.60. The summed E-state index contributed by atoms with van der Waals surface area (Å²) < 4.78 is 11.7. The second-order valence-electron chi connectivity index (χ2n) is 7.60. The van der Waals surface area contributed by atoms with E-state index >= 15 is 0 Å². The molecule has 2 N–H and O–H groups in total. The van der Waals surface area contributed by atoms with Crippen molar-refractivity contribution in [2.75, 3.05) is 12.8 Å². The van der Waals surface area contributed by atoms with Crippen LogP contribution in [0.4, 0.5) is 5.82 Å². The molecule has 2 heterocycles. The molecule has 162 valence electrons. The summed E-state index contributed by atoms with van der Waals surface area (Å²) >= 11 is 0. The van der Waals surface area contributed by atoms with E-state index in [1.807, 2.05) is 61.5 Å². The van der Waals surface area contributed by atoms with Crippen molar-refractivity contribution in [1.82, 2.24) is 9.88 Å². The molecule has 0 saturated carbocycles. The number of ether oxygens (including phenoxy) is 1. The van der Waals surface area contributed by atoms with Gasteiger partial charge in [0, 0.05) is 30.3 Å². The Hall–Kier alpha value is -4.06. The van der Waals surface area contributed by atoms with Crippen LogP contribution >= 0.6 is 0 Å². The maximum absolute atomic E-state index is 12.6. The predicted octanol–water partition coefficient (Wildman–Crippen LogP) is 4.97. The van der Waals surface area contributed by atoms with E-state index in [1.54, 1.807) is 30.3 Å². The Bertz CT molecular complexity index is 1260. The molecule has 0 fully saturated rings. The lowest BCUT2D eigenvalue weighted by Crippen LogP contribution is -2.24. The van der Waals surface area contributed by atoms with Gasteiger partial charge < -0.3 is 19.8 Å². The third-order valence-electron chi connectivity index (χ3n) is 5.26. The van der Waals surface area contributed by atoms with Crippen molar-refractivity contribution < 1.29 is 13.9 Å². The quantitative estimate of drug-likeness (QED) is 0.421. The van der Waals surface area contributed by atoms with E-state index in [2.05, 4.69) is 4.98 Å². The molecule has 0 saturated heterocycles. The fourth-order valence-electron chi connectivity index (χ4n) is 3.38. The van der Waals surface area contributed by atoms with E-state index in [1.165, 1.54) is 6.08 Å². The fourth-order valence-corrected chi connectivity index (χ4v) is 3.38. The van der Waals surface area contributed by atoms with Gasteiger partial charge in [-0.05, 0) is 36.3 Å². The summed E-state index contributed by atoms with van der Waals surface area (Å²) in [6, 6.07) is 19.5. The molecular weight excluding hydrogens is 402 g/mol. The summed E-state index contributed by atoms with van der Waals surface area (Å²) in [7, 11) is 1.74. The van der Waals surface area contributed by atoms with Gasteiger partial charge >= 0.3 is 0 Å². The Balaban J connectivity index is 1.41. The van der Waals surface area contributed by atoms with Crippen LogP contribution in [0.25, 0.3) is 17.0 Å². The molecule has 0 spiro atoms. The van der Waals surface area contributed by atoms with Gasteiger partial charge in [-0.3, -0.25) is 4.79 Å². The number of pyridine rings is 1. The number of hydrogen-bond acceptors (Lipinski definition) is 5. The lowest BCUT2D eigenvalue weighted by atomic mass is 10.1. The van der Waals surface area contributed by atoms with E-state index in [0.29, 0.717) is 24.7 Å². The zero-order valence-electron chi connectivity index (χ0n) is 18.1. The largest absolute Gasteiger partial charge is 0.485 e. The highest BCUT2D eigenvalue weighted by Crippen LogP contribution is 2.26. The number of carbonyl (C=O) groups excluding carboxylic acids is 1. The minimum Gasteiger partial charge on any atom is -0.485 e. The van der Waals surface area contributed by atoms with Crippen molar-refractivity contribution in [1.29, 1.82) is 0 Å². The molecule has 0 aliphatic rings. The molecule has 0 aliphatic carbocycles. The molecule has 2 aromatic carbocycles. The lowest BCUT2D eigenvalue weighted by molar-refractivity contribution is -0.125. The predicted molar refractivity (Wildman–Crippen MR) is 126 cm³/mol. The number of amides is 1. The SMILES string of the molecule is Cc1c(CN(C)C(=O)C=Cc2cnc(N)c(OCc3ccccc3)c2)oc2ccccc12. The molecule has 1 amide bonds. The Labute approximate surface area is 186 Å². The van der Waals surface area contributed by atoms with Gasteiger partial charge in [0.15, 0.2) is 11.6 Å². The van der Waals surface area contributed by atoms with E-state index in [0.717, 1.165) is 33.4 Å². The Kier molecular flexibility index (Phi) is 6.22. The van der Waals surface area contributed by atoms with Crippen molar-refractivity contribution >= 4 is 28.8 Å². The topological polar surface area (TPSA) is 81.6 Å². The van der Waals surface area contributed by atoms with E-state index < -0.39 is 0 Å². The maximum atomic E-state index is 12.6. The number of nitrogens with zero attached hydrogens (tertiary/aromatic N) is 2. The number of nitrogen functional groups attached to an aromatic ring is 1. The summed E-state index contributed by atoms with van der Waals surface area (Å²) in [5, 5.41) is 1.06. The van der Waals surface area contributed by atoms with Gasteiger partial charge in [0.2, 0.25) is 5.91 Å². The summed E-state index contributed by atoms with van der Waals surface area (Å²) in [4.78, 5) is 18.4. The minimum atomic E-state index is -0.145. The first-order valence-electron chi connectivity index (χ1n) is 10.3. The highest BCUT2D eigenvalue weighted by atomic mass is 16.5. The standard InChI is InChI=1S/C26H25N3O3/c1-18-21-10-6-7-11-22(21)32-24(18)16-29(2)25(30)13-12-20-14-23(26(27)28-15-20)31-17-19-8-4-3-5-9-19/h3-15H,16-17H2,1-2H3,(H2,27,28). The molecule has 0 aliphatic heterocycles. The van der Waals surface area contributed by atoms with E-state index in [9.17, 15) is 4.79 Å². The van der Waals surface area contributed by atoms with Crippen LogP contribution in [0.2, 0.25) is 0 Å². The molecule has 6 heteroatoms. The van der Waals surface area contributed by atoms with E-state index in [-0.39, 0.29) is 5.91 Å². The molecule has 32 heavy (non-hydrogen) atoms. The average molecular weight is 428 g/mol. The number of rotatable bonds is 7. The van der Waals surface area contributed by atoms with Crippen molar-refractivity contribution in [3.63, 3.8) is 0 Å². The van der Waals surface area contributed by atoms with Gasteiger partial charge in [-0.15, -0.1) is 0 Å². The molecule has 0 unspecified atom stereocenters. The average Bonchev–Trinajstić information content (AvgIpc) is 3.13. The van der Waals surface area contributed by atoms with Crippen molar-refractivity contribution in [3.05, 3.63) is 95.4 Å². The molecular formula is C26H25N3O3. The lowest BCUT2D eigenvalue weighted by Gasteiger charge is -2.14. The first-order valence-corrected chi connectivity index (χ1v) is 10.3. The number of aryl methyl sites for hydroxylation is 1. The fraction of sp³-hybridized carbons (Fsp3) is 0.154. The summed E-state index contributed by atoms with van der Waals surface area (Å²) in [6.07, 6.45) is 4.82. The number of furan rings is 1. The van der Waals surface area contributed by atoms with Crippen LogP contribution in [0.1, 0.15) is 22.5 Å². The Morgan fingerprint density at radius 2 is 1.91 bits per heavy atom. The van der Waals surface area contributed by atoms with Gasteiger partial charge in [0.25, 0.3) is 0 Å². The number of carbonyl (C=O) groups is 1. The van der Waals surface area contributed by atoms with Crippen molar-refractivity contribution in [2.45, 2.75) is 20.1 Å². The zero-order valence-corrected chi connectivity index (χ0v) is 18.1. The van der Waals surface area contributed by atoms with Crippen LogP contribution in [-0.4, -0.2) is 22.8 Å². The highest BCUT2D eigenvalue weighted by molar-refractivity contribution is 5.91. The molecule has 0 bridgehead atoms. The maximum Gasteiger partial charge on any atom is 0.246 e. The number of anilines is 1. The van der Waals surface area contributed by atoms with E-state index in [4.69, 9.17) is 14.9 Å². The van der Waals surface area contributed by atoms with Gasteiger partial charge in [-0.2, -0.15) is 0 Å². The first-order chi connectivity index (χ1) is 15.5. The molecule has 0 atom stereocenters. The van der Waals surface area contributed by atoms with Gasteiger partial charge in [0.05, 0.1) is 6.54 Å². The van der Waals surface area contributed by atoms with Crippen LogP contribution in [0.15, 0.2) is 77.4 Å². The van der Waals surface area contributed by atoms with Gasteiger partial charge in [0.1, 0.15) is 18.0 Å². The number of likely N-dealkylation sites (N-methyl/N-ethyl adjacent to an activating group) is 1. The van der Waals surface area contributed by atoms with Crippen molar-refractivity contribution in [3.8, 4) is 5.75 Å². The number of fused-ring (bicyclic) bond motifs is 1. The monoisotopic (exact) mass is 427 g/mol. The number of aromatic nitrogens is 1. The highest BCUT2D eigenvalue weighted by Gasteiger charge is 2.14. The van der Waals surface area contributed by atoms with Crippen LogP contribution in [0, 0.1) is 6.92 Å². The Morgan fingerprint density at radius 3 is 2.69 bits per heavy atom. The van der Waals surface area contributed by atoms with Crippen molar-refractivity contribution in [2.24, 2.45) is 0 Å². The molecule has 6 nitrogen and oxygen atoms in total. The minimum absolute atomic E-state index is 0.145. The summed E-state index contributed by atoms with van der Waals surface area (Å²) in [5.41, 5.74) is 9.58. The van der Waals surface area contributed by atoms with Crippen LogP contribution in [0.5, 0.6) is 5.75 Å². The summed E-state index contributed by atoms with van der Waals surface area (Å²) in [6.45, 7) is 2.78.